The zero-order valence-corrected chi connectivity index (χ0v) is 10.9. The number of aryl methyl sites for hydroxylation is 3. The molecule has 0 aliphatic heterocycles. The van der Waals surface area contributed by atoms with Crippen molar-refractivity contribution in [1.82, 2.24) is 9.97 Å². The van der Waals surface area contributed by atoms with Gasteiger partial charge in [0.05, 0.1) is 0 Å². The Kier molecular flexibility index (Phi) is 4.09. The number of H-pyrrole nitrogens is 1. The van der Waals surface area contributed by atoms with Crippen LogP contribution in [-0.4, -0.2) is 15.7 Å². The van der Waals surface area contributed by atoms with Gasteiger partial charge in [-0.3, -0.25) is 0 Å². The molecule has 0 spiro atoms. The standard InChI is InChI=1S/C13H15N3S/c1-10-9-11(2)16-13(15-10)17-8-5-12-3-6-14-7-4-12/h3-4,6-7,9H,5,8H2,1-2H3/p+1. The number of aromatic nitrogens is 3. The van der Waals surface area contributed by atoms with E-state index in [9.17, 15) is 0 Å². The molecule has 0 saturated heterocycles. The predicted octanol–water partition coefficient (Wildman–Crippen LogP) is 2.24. The number of hydrogen-bond donors (Lipinski definition) is 0. The molecule has 4 heteroatoms. The van der Waals surface area contributed by atoms with E-state index in [4.69, 9.17) is 0 Å². The second kappa shape index (κ2) is 5.77. The zero-order valence-electron chi connectivity index (χ0n) is 10.1. The molecule has 2 aromatic rings. The molecule has 0 unspecified atom stereocenters. The number of nitrogens with zero attached hydrogens (tertiary/aromatic N) is 2. The topological polar surface area (TPSA) is 39.9 Å². The van der Waals surface area contributed by atoms with Gasteiger partial charge in [-0.25, -0.2) is 15.0 Å². The Morgan fingerprint density at radius 1 is 1.12 bits per heavy atom. The molecule has 2 aromatic heterocycles. The summed E-state index contributed by atoms with van der Waals surface area (Å²) in [7, 11) is 0. The number of nitrogens with one attached hydrogen (secondary N) is 1. The number of rotatable bonds is 4. The van der Waals surface area contributed by atoms with Crippen LogP contribution in [0.5, 0.6) is 0 Å². The molecule has 0 aromatic carbocycles. The van der Waals surface area contributed by atoms with Crippen LogP contribution in [0.4, 0.5) is 0 Å². The number of thioether (sulfide) groups is 1. The fraction of sp³-hybridized carbons (Fsp3) is 0.308. The maximum atomic E-state index is 4.41. The first-order chi connectivity index (χ1) is 8.24. The highest BCUT2D eigenvalue weighted by molar-refractivity contribution is 7.99. The molecule has 2 rings (SSSR count). The summed E-state index contributed by atoms with van der Waals surface area (Å²) < 4.78 is 0. The van der Waals surface area contributed by atoms with Crippen molar-refractivity contribution in [1.29, 1.82) is 0 Å². The van der Waals surface area contributed by atoms with Gasteiger partial charge >= 0.3 is 0 Å². The van der Waals surface area contributed by atoms with E-state index in [1.165, 1.54) is 5.56 Å². The van der Waals surface area contributed by atoms with Crippen molar-refractivity contribution in [3.8, 4) is 0 Å². The minimum Gasteiger partial charge on any atom is -0.228 e. The van der Waals surface area contributed by atoms with Gasteiger partial charge in [-0.15, -0.1) is 0 Å². The second-order valence-electron chi connectivity index (χ2n) is 3.94. The monoisotopic (exact) mass is 246 g/mol. The Morgan fingerprint density at radius 2 is 1.76 bits per heavy atom. The van der Waals surface area contributed by atoms with Gasteiger partial charge in [-0.05, 0) is 31.9 Å². The van der Waals surface area contributed by atoms with E-state index in [1.807, 2.05) is 32.3 Å². The van der Waals surface area contributed by atoms with E-state index >= 15 is 0 Å². The first-order valence-corrected chi connectivity index (χ1v) is 6.63. The lowest BCUT2D eigenvalue weighted by molar-refractivity contribution is -0.378. The molecule has 3 nitrogen and oxygen atoms in total. The molecule has 0 bridgehead atoms. The molecule has 0 atom stereocenters. The van der Waals surface area contributed by atoms with Gasteiger partial charge in [0, 0.05) is 29.3 Å². The molecular formula is C13H16N3S+. The quantitative estimate of drug-likeness (QED) is 0.613. The molecule has 17 heavy (non-hydrogen) atoms. The molecule has 1 N–H and O–H groups in total. The van der Waals surface area contributed by atoms with Crippen molar-refractivity contribution in [3.05, 3.63) is 47.5 Å². The summed E-state index contributed by atoms with van der Waals surface area (Å²) in [6.45, 7) is 4.01. The minimum absolute atomic E-state index is 0.880. The molecule has 0 aliphatic rings. The molecule has 88 valence electrons. The highest BCUT2D eigenvalue weighted by Gasteiger charge is 2.01. The maximum Gasteiger partial charge on any atom is 0.187 e. The van der Waals surface area contributed by atoms with Crippen molar-refractivity contribution in [2.45, 2.75) is 25.4 Å². The van der Waals surface area contributed by atoms with Crippen LogP contribution in [0.2, 0.25) is 0 Å². The summed E-state index contributed by atoms with van der Waals surface area (Å²) >= 11 is 1.71. The Balaban J connectivity index is 1.90. The summed E-state index contributed by atoms with van der Waals surface area (Å²) in [5.41, 5.74) is 3.41. The van der Waals surface area contributed by atoms with Gasteiger partial charge in [-0.1, -0.05) is 11.8 Å². The molecule has 0 aliphatic carbocycles. The van der Waals surface area contributed by atoms with Crippen molar-refractivity contribution >= 4 is 11.8 Å². The van der Waals surface area contributed by atoms with Crippen molar-refractivity contribution < 1.29 is 4.98 Å². The largest absolute Gasteiger partial charge is 0.228 e. The lowest BCUT2D eigenvalue weighted by atomic mass is 10.2. The van der Waals surface area contributed by atoms with Crippen LogP contribution >= 0.6 is 11.8 Å². The fourth-order valence-electron chi connectivity index (χ4n) is 1.61. The van der Waals surface area contributed by atoms with Crippen LogP contribution < -0.4 is 4.98 Å². The number of aromatic amines is 1. The molecule has 2 heterocycles. The van der Waals surface area contributed by atoms with E-state index in [0.717, 1.165) is 28.7 Å². The van der Waals surface area contributed by atoms with Crippen molar-refractivity contribution in [2.75, 3.05) is 5.75 Å². The molecule has 0 fully saturated rings. The molecule has 0 amide bonds. The summed E-state index contributed by atoms with van der Waals surface area (Å²) in [4.78, 5) is 11.8. The van der Waals surface area contributed by atoms with E-state index in [1.54, 1.807) is 11.8 Å². The lowest BCUT2D eigenvalue weighted by Crippen LogP contribution is -2.00. The van der Waals surface area contributed by atoms with Gasteiger partial charge in [0.1, 0.15) is 0 Å². The first kappa shape index (κ1) is 12.0. The van der Waals surface area contributed by atoms with Gasteiger partial charge in [-0.2, -0.15) is 0 Å². The SMILES string of the molecule is Cc1cc(C)nc(SCCc2cc[nH+]cc2)n1. The smallest absolute Gasteiger partial charge is 0.187 e. The Bertz CT molecular complexity index is 465. The summed E-state index contributed by atoms with van der Waals surface area (Å²) in [6.07, 6.45) is 4.94. The van der Waals surface area contributed by atoms with E-state index in [0.29, 0.717) is 0 Å². The summed E-state index contributed by atoms with van der Waals surface area (Å²) in [5.74, 6) is 1.01. The molecule has 0 saturated carbocycles. The van der Waals surface area contributed by atoms with E-state index in [2.05, 4.69) is 27.1 Å². The van der Waals surface area contributed by atoms with Crippen LogP contribution in [0.15, 0.2) is 35.7 Å². The predicted molar refractivity (Wildman–Crippen MR) is 68.9 cm³/mol. The third-order valence-electron chi connectivity index (χ3n) is 2.37. The van der Waals surface area contributed by atoms with E-state index in [-0.39, 0.29) is 0 Å². The van der Waals surface area contributed by atoms with E-state index < -0.39 is 0 Å². The molecule has 0 radical (unpaired) electrons. The third kappa shape index (κ3) is 3.82. The zero-order chi connectivity index (χ0) is 12.1. The minimum atomic E-state index is 0.880. The van der Waals surface area contributed by atoms with Crippen LogP contribution in [0.25, 0.3) is 0 Å². The first-order valence-electron chi connectivity index (χ1n) is 5.64. The Labute approximate surface area is 106 Å². The average Bonchev–Trinajstić information content (AvgIpc) is 2.29. The maximum absolute atomic E-state index is 4.41. The normalized spacial score (nSPS) is 10.5. The van der Waals surface area contributed by atoms with Crippen LogP contribution in [0.1, 0.15) is 17.0 Å². The fourth-order valence-corrected chi connectivity index (χ4v) is 2.54. The summed E-state index contributed by atoms with van der Waals surface area (Å²) in [5, 5.41) is 0.880. The van der Waals surface area contributed by atoms with Crippen molar-refractivity contribution in [3.63, 3.8) is 0 Å². The van der Waals surface area contributed by atoms with Gasteiger partial charge < -0.3 is 0 Å². The van der Waals surface area contributed by atoms with Crippen LogP contribution in [-0.2, 0) is 6.42 Å². The highest BCUT2D eigenvalue weighted by atomic mass is 32.2. The van der Waals surface area contributed by atoms with Crippen LogP contribution in [0.3, 0.4) is 0 Å². The number of hydrogen-bond acceptors (Lipinski definition) is 3. The Hall–Kier alpha value is -1.42. The highest BCUT2D eigenvalue weighted by Crippen LogP contribution is 2.15. The van der Waals surface area contributed by atoms with Crippen LogP contribution in [0, 0.1) is 13.8 Å². The van der Waals surface area contributed by atoms with Gasteiger partial charge in [0.15, 0.2) is 17.6 Å². The van der Waals surface area contributed by atoms with Gasteiger partial charge in [0.25, 0.3) is 0 Å². The molecular weight excluding hydrogens is 230 g/mol. The van der Waals surface area contributed by atoms with Crippen molar-refractivity contribution in [2.24, 2.45) is 0 Å². The number of pyridine rings is 1. The second-order valence-corrected chi connectivity index (χ2v) is 5.00. The third-order valence-corrected chi connectivity index (χ3v) is 3.22. The average molecular weight is 246 g/mol. The summed E-state index contributed by atoms with van der Waals surface area (Å²) in [6, 6.07) is 6.20. The Morgan fingerprint density at radius 3 is 2.41 bits per heavy atom. The van der Waals surface area contributed by atoms with Gasteiger partial charge in [0.2, 0.25) is 0 Å². The lowest BCUT2D eigenvalue weighted by Gasteiger charge is -2.02.